The first kappa shape index (κ1) is 8.31. The summed E-state index contributed by atoms with van der Waals surface area (Å²) in [5, 5.41) is 3.95. The first-order chi connectivity index (χ1) is 6.33. The Bertz CT molecular complexity index is 422. The Morgan fingerprint density at radius 2 is 2.31 bits per heavy atom. The van der Waals surface area contributed by atoms with Crippen molar-refractivity contribution in [3.05, 3.63) is 18.2 Å². The van der Waals surface area contributed by atoms with Crippen LogP contribution in [0.25, 0.3) is 10.2 Å². The van der Waals surface area contributed by atoms with Crippen molar-refractivity contribution < 1.29 is 4.74 Å². The third kappa shape index (κ3) is 1.45. The van der Waals surface area contributed by atoms with Crippen LogP contribution in [0.3, 0.4) is 0 Å². The fourth-order valence-electron chi connectivity index (χ4n) is 1.14. The van der Waals surface area contributed by atoms with Gasteiger partial charge in [-0.3, -0.25) is 0 Å². The molecular weight excluding hydrogens is 184 g/mol. The maximum atomic E-state index is 5.12. The molecule has 3 nitrogen and oxygen atoms in total. The van der Waals surface area contributed by atoms with Gasteiger partial charge in [-0.1, -0.05) is 11.3 Å². The highest BCUT2D eigenvalue weighted by Gasteiger charge is 2.02. The molecule has 0 bridgehead atoms. The summed E-state index contributed by atoms with van der Waals surface area (Å²) >= 11 is 1.62. The van der Waals surface area contributed by atoms with Gasteiger partial charge in [-0.05, 0) is 18.2 Å². The Morgan fingerprint density at radius 3 is 3.00 bits per heavy atom. The van der Waals surface area contributed by atoms with Gasteiger partial charge in [0.2, 0.25) is 0 Å². The smallest absolute Gasteiger partial charge is 0.183 e. The fourth-order valence-corrected chi connectivity index (χ4v) is 1.99. The lowest BCUT2D eigenvalue weighted by Crippen LogP contribution is -1.84. The zero-order valence-corrected chi connectivity index (χ0v) is 8.31. The van der Waals surface area contributed by atoms with E-state index in [0.717, 1.165) is 21.1 Å². The monoisotopic (exact) mass is 194 g/mol. The maximum absolute atomic E-state index is 5.12. The van der Waals surface area contributed by atoms with E-state index in [0.29, 0.717) is 0 Å². The number of aromatic nitrogens is 1. The molecule has 4 heteroatoms. The first-order valence-electron chi connectivity index (χ1n) is 3.96. The molecule has 1 N–H and O–H groups in total. The van der Waals surface area contributed by atoms with Gasteiger partial charge >= 0.3 is 0 Å². The molecule has 1 heterocycles. The first-order valence-corrected chi connectivity index (χ1v) is 4.77. The van der Waals surface area contributed by atoms with Crippen molar-refractivity contribution in [2.75, 3.05) is 19.5 Å². The molecule has 1 aromatic carbocycles. The Balaban J connectivity index is 2.57. The predicted molar refractivity (Wildman–Crippen MR) is 55.7 cm³/mol. The van der Waals surface area contributed by atoms with Gasteiger partial charge in [0.25, 0.3) is 0 Å². The molecule has 2 aromatic rings. The summed E-state index contributed by atoms with van der Waals surface area (Å²) in [6.07, 6.45) is 0. The molecule has 0 radical (unpaired) electrons. The highest BCUT2D eigenvalue weighted by Crippen LogP contribution is 2.28. The van der Waals surface area contributed by atoms with E-state index in [1.54, 1.807) is 18.4 Å². The summed E-state index contributed by atoms with van der Waals surface area (Å²) in [4.78, 5) is 4.36. The number of hydrogen-bond acceptors (Lipinski definition) is 4. The van der Waals surface area contributed by atoms with Crippen LogP contribution in [-0.2, 0) is 0 Å². The van der Waals surface area contributed by atoms with Crippen molar-refractivity contribution in [2.45, 2.75) is 0 Å². The third-order valence-corrected chi connectivity index (χ3v) is 2.85. The van der Waals surface area contributed by atoms with Crippen molar-refractivity contribution in [2.24, 2.45) is 0 Å². The number of methoxy groups -OCH3 is 1. The van der Waals surface area contributed by atoms with Gasteiger partial charge in [-0.2, -0.15) is 0 Å². The molecule has 0 aliphatic heterocycles. The highest BCUT2D eigenvalue weighted by molar-refractivity contribution is 7.22. The summed E-state index contributed by atoms with van der Waals surface area (Å²) in [5.74, 6) is 0.874. The summed E-state index contributed by atoms with van der Waals surface area (Å²) < 4.78 is 6.27. The molecule has 0 saturated heterocycles. The molecule has 0 spiro atoms. The average molecular weight is 194 g/mol. The minimum Gasteiger partial charge on any atom is -0.497 e. The van der Waals surface area contributed by atoms with Crippen LogP contribution in [0, 0.1) is 0 Å². The number of benzene rings is 1. The van der Waals surface area contributed by atoms with Crippen molar-refractivity contribution in [1.82, 2.24) is 4.98 Å². The molecule has 0 aliphatic rings. The van der Waals surface area contributed by atoms with Crippen LogP contribution < -0.4 is 10.1 Å². The number of nitrogens with one attached hydrogen (secondary N) is 1. The van der Waals surface area contributed by atoms with Gasteiger partial charge in [0.1, 0.15) is 5.75 Å². The molecule has 0 fully saturated rings. The van der Waals surface area contributed by atoms with Crippen LogP contribution in [0.2, 0.25) is 0 Å². The lowest BCUT2D eigenvalue weighted by molar-refractivity contribution is 0.415. The number of rotatable bonds is 2. The second-order valence-electron chi connectivity index (χ2n) is 2.60. The van der Waals surface area contributed by atoms with E-state index < -0.39 is 0 Å². The van der Waals surface area contributed by atoms with Gasteiger partial charge in [-0.15, -0.1) is 0 Å². The third-order valence-electron chi connectivity index (χ3n) is 1.81. The SMILES string of the molecule is CNc1nc2ccc(OC)cc2s1. The molecule has 0 atom stereocenters. The Hall–Kier alpha value is -1.29. The quantitative estimate of drug-likeness (QED) is 0.796. The predicted octanol–water partition coefficient (Wildman–Crippen LogP) is 2.35. The van der Waals surface area contributed by atoms with Gasteiger partial charge in [0, 0.05) is 7.05 Å². The fraction of sp³-hybridized carbons (Fsp3) is 0.222. The van der Waals surface area contributed by atoms with Crippen LogP contribution in [0.15, 0.2) is 18.2 Å². The van der Waals surface area contributed by atoms with Crippen LogP contribution in [0.4, 0.5) is 5.13 Å². The number of fused-ring (bicyclic) bond motifs is 1. The Kier molecular flexibility index (Phi) is 2.06. The largest absolute Gasteiger partial charge is 0.497 e. The number of ether oxygens (including phenoxy) is 1. The van der Waals surface area contributed by atoms with Crippen molar-refractivity contribution in [3.8, 4) is 5.75 Å². The van der Waals surface area contributed by atoms with Gasteiger partial charge in [0.15, 0.2) is 5.13 Å². The van der Waals surface area contributed by atoms with Crippen molar-refractivity contribution in [3.63, 3.8) is 0 Å². The maximum Gasteiger partial charge on any atom is 0.183 e. The minimum absolute atomic E-state index is 0.874. The average Bonchev–Trinajstić information content (AvgIpc) is 2.58. The molecule has 1 aromatic heterocycles. The summed E-state index contributed by atoms with van der Waals surface area (Å²) in [5.41, 5.74) is 1.01. The van der Waals surface area contributed by atoms with Crippen molar-refractivity contribution >= 4 is 26.7 Å². The van der Waals surface area contributed by atoms with E-state index in [4.69, 9.17) is 4.74 Å². The van der Waals surface area contributed by atoms with Gasteiger partial charge in [0.05, 0.1) is 17.3 Å². The van der Waals surface area contributed by atoms with Crippen LogP contribution in [-0.4, -0.2) is 19.1 Å². The van der Waals surface area contributed by atoms with E-state index in [2.05, 4.69) is 10.3 Å². The second kappa shape index (κ2) is 3.22. The number of hydrogen-bond donors (Lipinski definition) is 1. The number of thiazole rings is 1. The second-order valence-corrected chi connectivity index (χ2v) is 3.63. The van der Waals surface area contributed by atoms with E-state index in [1.165, 1.54) is 0 Å². The molecule has 2 rings (SSSR count). The zero-order chi connectivity index (χ0) is 9.26. The molecule has 0 aliphatic carbocycles. The normalized spacial score (nSPS) is 10.3. The van der Waals surface area contributed by atoms with E-state index in [-0.39, 0.29) is 0 Å². The number of nitrogens with zero attached hydrogens (tertiary/aromatic N) is 1. The summed E-state index contributed by atoms with van der Waals surface area (Å²) in [6, 6.07) is 5.88. The Labute approximate surface area is 80.4 Å². The van der Waals surface area contributed by atoms with E-state index in [9.17, 15) is 0 Å². The lowest BCUT2D eigenvalue weighted by Gasteiger charge is -1.96. The van der Waals surface area contributed by atoms with Crippen LogP contribution in [0.5, 0.6) is 5.75 Å². The molecular formula is C9H10N2OS. The molecule has 0 unspecified atom stereocenters. The molecule has 0 amide bonds. The van der Waals surface area contributed by atoms with Gasteiger partial charge < -0.3 is 10.1 Å². The zero-order valence-electron chi connectivity index (χ0n) is 7.50. The number of anilines is 1. The van der Waals surface area contributed by atoms with Gasteiger partial charge in [-0.25, -0.2) is 4.98 Å². The topological polar surface area (TPSA) is 34.2 Å². The summed E-state index contributed by atoms with van der Waals surface area (Å²) in [6.45, 7) is 0. The molecule has 13 heavy (non-hydrogen) atoms. The molecule has 0 saturated carbocycles. The summed E-state index contributed by atoms with van der Waals surface area (Å²) in [7, 11) is 3.54. The minimum atomic E-state index is 0.874. The molecule has 68 valence electrons. The highest BCUT2D eigenvalue weighted by atomic mass is 32.1. The van der Waals surface area contributed by atoms with E-state index >= 15 is 0 Å². The van der Waals surface area contributed by atoms with Crippen LogP contribution >= 0.6 is 11.3 Å². The standard InChI is InChI=1S/C9H10N2OS/c1-10-9-11-7-4-3-6(12-2)5-8(7)13-9/h3-5H,1-2H3,(H,10,11). The van der Waals surface area contributed by atoms with Crippen LogP contribution in [0.1, 0.15) is 0 Å². The Morgan fingerprint density at radius 1 is 1.46 bits per heavy atom. The van der Waals surface area contributed by atoms with E-state index in [1.807, 2.05) is 25.2 Å². The van der Waals surface area contributed by atoms with Crippen molar-refractivity contribution in [1.29, 1.82) is 0 Å². The lowest BCUT2D eigenvalue weighted by atomic mass is 10.3.